The molecule has 0 saturated heterocycles. The summed E-state index contributed by atoms with van der Waals surface area (Å²) >= 11 is 0. The van der Waals surface area contributed by atoms with Gasteiger partial charge in [-0.3, -0.25) is 0 Å². The maximum absolute atomic E-state index is 9.33. The van der Waals surface area contributed by atoms with E-state index < -0.39 is 0 Å². The number of ether oxygens (including phenoxy) is 1. The second-order valence-corrected chi connectivity index (χ2v) is 6.35. The molecule has 0 radical (unpaired) electrons. The first-order chi connectivity index (χ1) is 12.2. The molecule has 0 saturated carbocycles. The van der Waals surface area contributed by atoms with Crippen molar-refractivity contribution in [2.45, 2.75) is 32.1 Å². The summed E-state index contributed by atoms with van der Waals surface area (Å²) in [5.74, 6) is 1.17. The maximum atomic E-state index is 9.33. The molecular formula is C21H28O4. The van der Waals surface area contributed by atoms with Crippen LogP contribution in [0.15, 0.2) is 48.5 Å². The lowest BCUT2D eigenvalue weighted by Crippen LogP contribution is -2.10. The zero-order chi connectivity index (χ0) is 17.9. The van der Waals surface area contributed by atoms with Crippen molar-refractivity contribution in [1.29, 1.82) is 0 Å². The molecule has 0 unspecified atom stereocenters. The first-order valence-corrected chi connectivity index (χ1v) is 8.97. The smallest absolute Gasteiger partial charge is 0.119 e. The molecule has 0 aliphatic heterocycles. The normalized spacial score (nSPS) is 11.0. The van der Waals surface area contributed by atoms with Crippen LogP contribution in [0.3, 0.4) is 0 Å². The number of aromatic hydroxyl groups is 1. The van der Waals surface area contributed by atoms with Crippen LogP contribution in [-0.4, -0.2) is 35.1 Å². The third kappa shape index (κ3) is 6.77. The number of phenolic OH excluding ortho intramolecular Hbond substituents is 1. The molecule has 0 spiro atoms. The van der Waals surface area contributed by atoms with E-state index in [0.717, 1.165) is 49.0 Å². The number of rotatable bonds is 11. The first kappa shape index (κ1) is 19.3. The number of unbranched alkanes of at least 4 members (excludes halogenated alkanes) is 3. The van der Waals surface area contributed by atoms with Crippen LogP contribution in [0.4, 0.5) is 0 Å². The Hall–Kier alpha value is -2.04. The van der Waals surface area contributed by atoms with Gasteiger partial charge >= 0.3 is 0 Å². The molecule has 3 N–H and O–H groups in total. The van der Waals surface area contributed by atoms with Crippen LogP contribution < -0.4 is 4.74 Å². The van der Waals surface area contributed by atoms with Crippen molar-refractivity contribution in [2.75, 3.05) is 19.8 Å². The Labute approximate surface area is 149 Å². The molecular weight excluding hydrogens is 316 g/mol. The van der Waals surface area contributed by atoms with Gasteiger partial charge in [-0.2, -0.15) is 0 Å². The van der Waals surface area contributed by atoms with E-state index in [-0.39, 0.29) is 24.9 Å². The number of benzene rings is 2. The second-order valence-electron chi connectivity index (χ2n) is 6.35. The predicted octanol–water partition coefficient (Wildman–Crippen LogP) is 3.99. The summed E-state index contributed by atoms with van der Waals surface area (Å²) in [4.78, 5) is 0. The van der Waals surface area contributed by atoms with Crippen LogP contribution >= 0.6 is 0 Å². The van der Waals surface area contributed by atoms with Crippen molar-refractivity contribution in [2.24, 2.45) is 5.92 Å². The van der Waals surface area contributed by atoms with Gasteiger partial charge in [0.2, 0.25) is 0 Å². The van der Waals surface area contributed by atoms with E-state index in [2.05, 4.69) is 0 Å². The van der Waals surface area contributed by atoms with E-state index in [1.807, 2.05) is 36.4 Å². The summed E-state index contributed by atoms with van der Waals surface area (Å²) in [5, 5.41) is 27.3. The first-order valence-electron chi connectivity index (χ1n) is 8.97. The molecule has 0 aromatic heterocycles. The van der Waals surface area contributed by atoms with Gasteiger partial charge in [0.05, 0.1) is 6.61 Å². The van der Waals surface area contributed by atoms with Crippen LogP contribution in [0, 0.1) is 5.92 Å². The zero-order valence-electron chi connectivity index (χ0n) is 14.6. The Morgan fingerprint density at radius 2 is 1.28 bits per heavy atom. The molecule has 0 bridgehead atoms. The van der Waals surface area contributed by atoms with E-state index in [1.54, 1.807) is 12.1 Å². The Morgan fingerprint density at radius 1 is 0.720 bits per heavy atom. The average molecular weight is 344 g/mol. The molecule has 2 rings (SSSR count). The molecule has 4 nitrogen and oxygen atoms in total. The van der Waals surface area contributed by atoms with Gasteiger partial charge in [0.1, 0.15) is 11.5 Å². The minimum atomic E-state index is 0.0309. The van der Waals surface area contributed by atoms with Gasteiger partial charge in [-0.1, -0.05) is 43.5 Å². The molecule has 0 aliphatic rings. The van der Waals surface area contributed by atoms with Gasteiger partial charge in [-0.25, -0.2) is 0 Å². The summed E-state index contributed by atoms with van der Waals surface area (Å²) in [7, 11) is 0. The quantitative estimate of drug-likeness (QED) is 0.539. The van der Waals surface area contributed by atoms with Crippen LogP contribution in [0.25, 0.3) is 11.1 Å². The fraction of sp³-hybridized carbons (Fsp3) is 0.429. The van der Waals surface area contributed by atoms with Crippen molar-refractivity contribution < 1.29 is 20.1 Å². The Bertz CT molecular complexity index is 588. The standard InChI is InChI=1S/C21H28O4/c22-15-17(16-23)5-3-1-2-4-14-25-21-12-8-19(9-13-21)18-6-10-20(24)11-7-18/h6-13,17,22-24H,1-5,14-16H2. The van der Waals surface area contributed by atoms with Crippen molar-refractivity contribution in [3.05, 3.63) is 48.5 Å². The van der Waals surface area contributed by atoms with Crippen molar-refractivity contribution in [1.82, 2.24) is 0 Å². The summed E-state index contributed by atoms with van der Waals surface area (Å²) in [6.07, 6.45) is 5.11. The lowest BCUT2D eigenvalue weighted by atomic mass is 10.0. The van der Waals surface area contributed by atoms with Crippen molar-refractivity contribution in [3.8, 4) is 22.6 Å². The van der Waals surface area contributed by atoms with E-state index in [9.17, 15) is 5.11 Å². The molecule has 0 atom stereocenters. The Kier molecular flexibility index (Phi) is 8.29. The van der Waals surface area contributed by atoms with E-state index >= 15 is 0 Å². The molecule has 0 fully saturated rings. The molecule has 25 heavy (non-hydrogen) atoms. The van der Waals surface area contributed by atoms with Gasteiger partial charge in [0, 0.05) is 19.1 Å². The number of aliphatic hydroxyl groups is 2. The van der Waals surface area contributed by atoms with Gasteiger partial charge in [-0.05, 0) is 48.2 Å². The van der Waals surface area contributed by atoms with E-state index in [1.165, 1.54) is 0 Å². The Morgan fingerprint density at radius 3 is 1.88 bits per heavy atom. The van der Waals surface area contributed by atoms with E-state index in [4.69, 9.17) is 14.9 Å². The van der Waals surface area contributed by atoms with Crippen molar-refractivity contribution >= 4 is 0 Å². The number of hydrogen-bond donors (Lipinski definition) is 3. The van der Waals surface area contributed by atoms with Gasteiger partial charge < -0.3 is 20.1 Å². The molecule has 2 aromatic carbocycles. The molecule has 2 aromatic rings. The third-order valence-corrected chi connectivity index (χ3v) is 4.35. The van der Waals surface area contributed by atoms with Crippen LogP contribution in [0.1, 0.15) is 32.1 Å². The topological polar surface area (TPSA) is 69.9 Å². The highest BCUT2D eigenvalue weighted by Gasteiger charge is 2.04. The summed E-state index contributed by atoms with van der Waals surface area (Å²) in [6, 6.07) is 15.1. The summed E-state index contributed by atoms with van der Waals surface area (Å²) in [6.45, 7) is 0.835. The zero-order valence-corrected chi connectivity index (χ0v) is 14.6. The number of phenols is 1. The highest BCUT2D eigenvalue weighted by Crippen LogP contribution is 2.24. The summed E-state index contributed by atoms with van der Waals surface area (Å²) < 4.78 is 5.77. The van der Waals surface area contributed by atoms with Gasteiger partial charge in [0.15, 0.2) is 0 Å². The molecule has 0 heterocycles. The van der Waals surface area contributed by atoms with Crippen LogP contribution in [-0.2, 0) is 0 Å². The van der Waals surface area contributed by atoms with Crippen LogP contribution in [0.2, 0.25) is 0 Å². The predicted molar refractivity (Wildman–Crippen MR) is 99.8 cm³/mol. The van der Waals surface area contributed by atoms with Gasteiger partial charge in [0.25, 0.3) is 0 Å². The lowest BCUT2D eigenvalue weighted by molar-refractivity contribution is 0.141. The maximum Gasteiger partial charge on any atom is 0.119 e. The highest BCUT2D eigenvalue weighted by molar-refractivity contribution is 5.64. The molecule has 0 amide bonds. The SMILES string of the molecule is OCC(CO)CCCCCCOc1ccc(-c2ccc(O)cc2)cc1. The van der Waals surface area contributed by atoms with Gasteiger partial charge in [-0.15, -0.1) is 0 Å². The molecule has 0 aliphatic carbocycles. The summed E-state index contributed by atoms with van der Waals surface area (Å²) in [5.41, 5.74) is 2.16. The van der Waals surface area contributed by atoms with E-state index in [0.29, 0.717) is 6.61 Å². The lowest BCUT2D eigenvalue weighted by Gasteiger charge is -2.10. The van der Waals surface area contributed by atoms with Crippen molar-refractivity contribution in [3.63, 3.8) is 0 Å². The fourth-order valence-electron chi connectivity index (χ4n) is 2.72. The third-order valence-electron chi connectivity index (χ3n) is 4.35. The monoisotopic (exact) mass is 344 g/mol. The molecule has 4 heteroatoms. The average Bonchev–Trinajstić information content (AvgIpc) is 2.65. The highest BCUT2D eigenvalue weighted by atomic mass is 16.5. The minimum absolute atomic E-state index is 0.0309. The minimum Gasteiger partial charge on any atom is -0.508 e. The van der Waals surface area contributed by atoms with Crippen LogP contribution in [0.5, 0.6) is 11.5 Å². The Balaban J connectivity index is 1.64. The largest absolute Gasteiger partial charge is 0.508 e. The molecule has 136 valence electrons. The number of hydrogen-bond acceptors (Lipinski definition) is 4. The second kappa shape index (κ2) is 10.7. The fourth-order valence-corrected chi connectivity index (χ4v) is 2.72. The number of aliphatic hydroxyl groups excluding tert-OH is 2.